The van der Waals surface area contributed by atoms with Crippen LogP contribution in [0.3, 0.4) is 0 Å². The normalized spacial score (nSPS) is 12.9. The Morgan fingerprint density at radius 1 is 1.08 bits per heavy atom. The minimum absolute atomic E-state index is 0.000312. The van der Waals surface area contributed by atoms with Crippen LogP contribution in [0.1, 0.15) is 72.9 Å². The number of amides is 3. The van der Waals surface area contributed by atoms with Crippen molar-refractivity contribution in [3.63, 3.8) is 0 Å². The van der Waals surface area contributed by atoms with Crippen molar-refractivity contribution in [1.82, 2.24) is 15.5 Å². The molecule has 202 valence electrons. The van der Waals surface area contributed by atoms with Crippen LogP contribution < -0.4 is 10.6 Å². The molecule has 10 heteroatoms. The molecule has 36 heavy (non-hydrogen) atoms. The van der Waals surface area contributed by atoms with Crippen LogP contribution in [0.2, 0.25) is 0 Å². The van der Waals surface area contributed by atoms with Crippen molar-refractivity contribution in [1.29, 1.82) is 0 Å². The molecule has 0 radical (unpaired) electrons. The molecule has 1 rings (SSSR count). The smallest absolute Gasteiger partial charge is 0.408 e. The fraction of sp³-hybridized carbons (Fsp3) is 0.615. The SMILES string of the molecule is CCCN(C(=O)C(NC(=O)OC(C)(C)C)C(C)C)C(C(=O)NCCC(=O)OCC)c1ccccc1O. The van der Waals surface area contributed by atoms with Crippen molar-refractivity contribution in [2.75, 3.05) is 19.7 Å². The van der Waals surface area contributed by atoms with Crippen molar-refractivity contribution >= 4 is 23.9 Å². The largest absolute Gasteiger partial charge is 0.508 e. The lowest BCUT2D eigenvalue weighted by molar-refractivity contribution is -0.144. The van der Waals surface area contributed by atoms with E-state index in [1.807, 2.05) is 6.92 Å². The maximum atomic E-state index is 13.8. The third-order valence-corrected chi connectivity index (χ3v) is 5.08. The van der Waals surface area contributed by atoms with Gasteiger partial charge in [0.1, 0.15) is 23.4 Å². The van der Waals surface area contributed by atoms with Crippen LogP contribution in [-0.2, 0) is 23.9 Å². The van der Waals surface area contributed by atoms with Gasteiger partial charge in [-0.15, -0.1) is 0 Å². The maximum Gasteiger partial charge on any atom is 0.408 e. The second-order valence-corrected chi connectivity index (χ2v) is 9.71. The molecule has 0 saturated heterocycles. The number of esters is 1. The first-order valence-electron chi connectivity index (χ1n) is 12.3. The summed E-state index contributed by atoms with van der Waals surface area (Å²) in [5.74, 6) is -1.99. The lowest BCUT2D eigenvalue weighted by Crippen LogP contribution is -2.55. The number of ether oxygens (including phenoxy) is 2. The van der Waals surface area contributed by atoms with Gasteiger partial charge >= 0.3 is 12.1 Å². The van der Waals surface area contributed by atoms with Gasteiger partial charge in [0, 0.05) is 18.7 Å². The summed E-state index contributed by atoms with van der Waals surface area (Å²) in [6, 6.07) is 4.09. The fourth-order valence-electron chi connectivity index (χ4n) is 3.52. The topological polar surface area (TPSA) is 134 Å². The Morgan fingerprint density at radius 3 is 2.25 bits per heavy atom. The van der Waals surface area contributed by atoms with Crippen molar-refractivity contribution in [2.45, 2.75) is 79.0 Å². The number of phenols is 1. The van der Waals surface area contributed by atoms with E-state index >= 15 is 0 Å². The zero-order valence-electron chi connectivity index (χ0n) is 22.4. The molecule has 3 amide bonds. The van der Waals surface area contributed by atoms with Crippen molar-refractivity contribution in [3.8, 4) is 5.75 Å². The summed E-state index contributed by atoms with van der Waals surface area (Å²) in [5, 5.41) is 15.9. The molecule has 0 aliphatic carbocycles. The minimum atomic E-state index is -1.19. The molecule has 1 aromatic rings. The predicted molar refractivity (Wildman–Crippen MR) is 135 cm³/mol. The van der Waals surface area contributed by atoms with E-state index in [0.29, 0.717) is 6.42 Å². The fourth-order valence-corrected chi connectivity index (χ4v) is 3.52. The highest BCUT2D eigenvalue weighted by Gasteiger charge is 2.38. The summed E-state index contributed by atoms with van der Waals surface area (Å²) >= 11 is 0. The quantitative estimate of drug-likeness (QED) is 0.370. The van der Waals surface area contributed by atoms with E-state index in [-0.39, 0.29) is 43.3 Å². The van der Waals surface area contributed by atoms with E-state index in [2.05, 4.69) is 10.6 Å². The van der Waals surface area contributed by atoms with Gasteiger partial charge in [-0.1, -0.05) is 39.0 Å². The number of carbonyl (C=O) groups is 4. The van der Waals surface area contributed by atoms with Gasteiger partial charge in [-0.25, -0.2) is 4.79 Å². The highest BCUT2D eigenvalue weighted by molar-refractivity contribution is 5.92. The van der Waals surface area contributed by atoms with Crippen LogP contribution >= 0.6 is 0 Å². The van der Waals surface area contributed by atoms with E-state index in [9.17, 15) is 24.3 Å². The van der Waals surface area contributed by atoms with E-state index in [1.54, 1.807) is 59.7 Å². The molecule has 3 N–H and O–H groups in total. The second-order valence-electron chi connectivity index (χ2n) is 9.71. The van der Waals surface area contributed by atoms with Crippen molar-refractivity contribution < 1.29 is 33.8 Å². The molecule has 0 heterocycles. The first kappa shape index (κ1) is 30.7. The Hall–Kier alpha value is -3.30. The number of nitrogens with zero attached hydrogens (tertiary/aromatic N) is 1. The van der Waals surface area contributed by atoms with Gasteiger partial charge in [-0.05, 0) is 46.1 Å². The summed E-state index contributed by atoms with van der Waals surface area (Å²) in [6.45, 7) is 12.7. The summed E-state index contributed by atoms with van der Waals surface area (Å²) in [6.07, 6.45) is -0.267. The average molecular weight is 508 g/mol. The van der Waals surface area contributed by atoms with Gasteiger partial charge in [0.2, 0.25) is 11.8 Å². The Kier molecular flexibility index (Phi) is 12.2. The Bertz CT molecular complexity index is 896. The molecule has 0 spiro atoms. The molecule has 2 atom stereocenters. The van der Waals surface area contributed by atoms with Gasteiger partial charge in [0.05, 0.1) is 13.0 Å². The zero-order chi connectivity index (χ0) is 27.5. The number of alkyl carbamates (subject to hydrolysis) is 1. The summed E-state index contributed by atoms with van der Waals surface area (Å²) < 4.78 is 10.2. The number of nitrogens with one attached hydrogen (secondary N) is 2. The van der Waals surface area contributed by atoms with Crippen molar-refractivity contribution in [2.24, 2.45) is 5.92 Å². The predicted octanol–water partition coefficient (Wildman–Crippen LogP) is 3.29. The molecule has 0 saturated carbocycles. The zero-order valence-corrected chi connectivity index (χ0v) is 22.4. The molecule has 10 nitrogen and oxygen atoms in total. The summed E-state index contributed by atoms with van der Waals surface area (Å²) in [7, 11) is 0. The van der Waals surface area contributed by atoms with Gasteiger partial charge in [-0.3, -0.25) is 14.4 Å². The second kappa shape index (κ2) is 14.3. The average Bonchev–Trinajstić information content (AvgIpc) is 2.76. The lowest BCUT2D eigenvalue weighted by Gasteiger charge is -2.35. The molecule has 1 aromatic carbocycles. The minimum Gasteiger partial charge on any atom is -0.508 e. The number of phenolic OH excluding ortho intramolecular Hbond substituents is 1. The molecule has 0 aromatic heterocycles. The Labute approximate surface area is 213 Å². The number of hydrogen-bond acceptors (Lipinski definition) is 7. The van der Waals surface area contributed by atoms with Crippen LogP contribution in [0.5, 0.6) is 5.75 Å². The standard InChI is InChI=1S/C26H41N3O7/c1-8-16-29(24(33)21(17(3)4)28-25(34)36-26(5,6)7)22(18-12-10-11-13-19(18)30)23(32)27-15-14-20(31)35-9-2/h10-13,17,21-22,30H,8-9,14-16H2,1-7H3,(H,27,32)(H,28,34). The van der Waals surface area contributed by atoms with Crippen LogP contribution in [0.15, 0.2) is 24.3 Å². The van der Waals surface area contributed by atoms with Crippen molar-refractivity contribution in [3.05, 3.63) is 29.8 Å². The Balaban J connectivity index is 3.32. The summed E-state index contributed by atoms with van der Waals surface area (Å²) in [4.78, 5) is 52.7. The van der Waals surface area contributed by atoms with Crippen LogP contribution in [0.25, 0.3) is 0 Å². The highest BCUT2D eigenvalue weighted by atomic mass is 16.6. The molecular formula is C26H41N3O7. The Morgan fingerprint density at radius 2 is 1.72 bits per heavy atom. The number of carbonyl (C=O) groups excluding carboxylic acids is 4. The third kappa shape index (κ3) is 9.75. The molecule has 0 aliphatic heterocycles. The molecule has 2 unspecified atom stereocenters. The molecular weight excluding hydrogens is 466 g/mol. The maximum absolute atomic E-state index is 13.8. The number of aromatic hydroxyl groups is 1. The lowest BCUT2D eigenvalue weighted by atomic mass is 9.98. The van der Waals surface area contributed by atoms with Gasteiger partial charge < -0.3 is 30.1 Å². The van der Waals surface area contributed by atoms with E-state index in [4.69, 9.17) is 9.47 Å². The monoisotopic (exact) mass is 507 g/mol. The van der Waals surface area contributed by atoms with Crippen LogP contribution in [0, 0.1) is 5.92 Å². The number of hydrogen-bond donors (Lipinski definition) is 3. The van der Waals surface area contributed by atoms with Gasteiger partial charge in [-0.2, -0.15) is 0 Å². The van der Waals surface area contributed by atoms with Crippen LogP contribution in [-0.4, -0.2) is 65.2 Å². The third-order valence-electron chi connectivity index (χ3n) is 5.08. The van der Waals surface area contributed by atoms with E-state index in [0.717, 1.165) is 0 Å². The first-order valence-corrected chi connectivity index (χ1v) is 12.3. The van der Waals surface area contributed by atoms with Gasteiger partial charge in [0.15, 0.2) is 0 Å². The summed E-state index contributed by atoms with van der Waals surface area (Å²) in [5.41, 5.74) is -0.526. The van der Waals surface area contributed by atoms with Crippen LogP contribution in [0.4, 0.5) is 4.79 Å². The van der Waals surface area contributed by atoms with E-state index in [1.165, 1.54) is 11.0 Å². The number of para-hydroxylation sites is 1. The molecule has 0 aliphatic rings. The first-order chi connectivity index (χ1) is 16.8. The number of rotatable bonds is 12. The highest BCUT2D eigenvalue weighted by Crippen LogP contribution is 2.30. The molecule has 0 bridgehead atoms. The number of benzene rings is 1. The van der Waals surface area contributed by atoms with E-state index < -0.39 is 41.6 Å². The molecule has 0 fully saturated rings. The van der Waals surface area contributed by atoms with Gasteiger partial charge in [0.25, 0.3) is 0 Å².